The highest BCUT2D eigenvalue weighted by Gasteiger charge is 2.17. The number of halogens is 1. The minimum absolute atomic E-state index is 0. The van der Waals surface area contributed by atoms with Crippen LogP contribution in [0.2, 0.25) is 0 Å². The van der Waals surface area contributed by atoms with Crippen molar-refractivity contribution in [3.05, 3.63) is 23.8 Å². The summed E-state index contributed by atoms with van der Waals surface area (Å²) in [7, 11) is 1.66. The van der Waals surface area contributed by atoms with Crippen LogP contribution in [0.3, 0.4) is 0 Å². The number of nitrogens with zero attached hydrogens (tertiary/aromatic N) is 1. The number of aryl methyl sites for hydroxylation is 1. The third-order valence-corrected chi connectivity index (χ3v) is 4.62. The van der Waals surface area contributed by atoms with Crippen LogP contribution in [0, 0.1) is 0 Å². The lowest BCUT2D eigenvalue weighted by molar-refractivity contribution is 0.0347. The van der Waals surface area contributed by atoms with Gasteiger partial charge in [0.25, 0.3) is 0 Å². The average molecular weight is 535 g/mol. The number of hydrogen-bond donors (Lipinski definition) is 2. The molecule has 1 heterocycles. The maximum Gasteiger partial charge on any atom is 0.191 e. The SMILES string of the molecule is CCNC(=NCCCc1ccc(OC)c(OCC)c1)NC(C)COC1CCOC1.I. The van der Waals surface area contributed by atoms with E-state index in [1.54, 1.807) is 7.11 Å². The van der Waals surface area contributed by atoms with Crippen LogP contribution in [0.15, 0.2) is 23.2 Å². The van der Waals surface area contributed by atoms with E-state index in [0.29, 0.717) is 19.8 Å². The molecule has 8 heteroatoms. The molecule has 1 saturated heterocycles. The molecule has 2 N–H and O–H groups in total. The van der Waals surface area contributed by atoms with E-state index in [-0.39, 0.29) is 36.1 Å². The number of rotatable bonds is 12. The smallest absolute Gasteiger partial charge is 0.191 e. The van der Waals surface area contributed by atoms with E-state index in [0.717, 1.165) is 56.4 Å². The van der Waals surface area contributed by atoms with Gasteiger partial charge in [0.05, 0.1) is 33.0 Å². The molecule has 2 rings (SSSR count). The first-order chi connectivity index (χ1) is 14.2. The quantitative estimate of drug-likeness (QED) is 0.185. The normalized spacial score (nSPS) is 17.2. The first-order valence-corrected chi connectivity index (χ1v) is 10.7. The molecule has 2 unspecified atom stereocenters. The zero-order valence-electron chi connectivity index (χ0n) is 18.7. The van der Waals surface area contributed by atoms with Gasteiger partial charge in [-0.15, -0.1) is 24.0 Å². The highest BCUT2D eigenvalue weighted by Crippen LogP contribution is 2.28. The van der Waals surface area contributed by atoms with Crippen LogP contribution in [-0.2, 0) is 15.9 Å². The molecule has 30 heavy (non-hydrogen) atoms. The predicted octanol–water partition coefficient (Wildman–Crippen LogP) is 3.39. The van der Waals surface area contributed by atoms with Crippen molar-refractivity contribution < 1.29 is 18.9 Å². The number of benzene rings is 1. The Hall–Kier alpha value is -1.26. The second-order valence-corrected chi connectivity index (χ2v) is 7.15. The average Bonchev–Trinajstić information content (AvgIpc) is 3.24. The van der Waals surface area contributed by atoms with E-state index < -0.39 is 0 Å². The summed E-state index contributed by atoms with van der Waals surface area (Å²) < 4.78 is 22.2. The fourth-order valence-electron chi connectivity index (χ4n) is 3.14. The van der Waals surface area contributed by atoms with Crippen molar-refractivity contribution in [3.63, 3.8) is 0 Å². The van der Waals surface area contributed by atoms with E-state index in [9.17, 15) is 0 Å². The Bertz CT molecular complexity index is 624. The van der Waals surface area contributed by atoms with Gasteiger partial charge in [-0.2, -0.15) is 0 Å². The second-order valence-electron chi connectivity index (χ2n) is 7.15. The Morgan fingerprint density at radius 2 is 2.13 bits per heavy atom. The zero-order chi connectivity index (χ0) is 20.9. The van der Waals surface area contributed by atoms with Gasteiger partial charge in [0.1, 0.15) is 0 Å². The van der Waals surface area contributed by atoms with E-state index in [1.165, 1.54) is 5.56 Å². The molecule has 0 saturated carbocycles. The van der Waals surface area contributed by atoms with Crippen LogP contribution < -0.4 is 20.1 Å². The number of methoxy groups -OCH3 is 1. The molecule has 1 aliphatic rings. The van der Waals surface area contributed by atoms with Gasteiger partial charge in [-0.05, 0) is 57.7 Å². The Kier molecular flexibility index (Phi) is 13.9. The predicted molar refractivity (Wildman–Crippen MR) is 132 cm³/mol. The van der Waals surface area contributed by atoms with Crippen molar-refractivity contribution in [1.82, 2.24) is 10.6 Å². The Morgan fingerprint density at radius 3 is 2.80 bits per heavy atom. The Balaban J connectivity index is 0.00000450. The molecule has 0 bridgehead atoms. The molecule has 7 nitrogen and oxygen atoms in total. The van der Waals surface area contributed by atoms with Gasteiger partial charge in [0.2, 0.25) is 0 Å². The molecule has 1 aromatic carbocycles. The standard InChI is InChI=1S/C22H37N3O4.HI/c1-5-23-22(25-17(3)15-29-19-11-13-27-16-19)24-12-7-8-18-9-10-20(26-4)21(14-18)28-6-2;/h9-10,14,17,19H,5-8,11-13,15-16H2,1-4H3,(H2,23,24,25);1H. The Morgan fingerprint density at radius 1 is 1.30 bits per heavy atom. The van der Waals surface area contributed by atoms with Gasteiger partial charge in [-0.3, -0.25) is 4.99 Å². The van der Waals surface area contributed by atoms with Crippen molar-refractivity contribution in [2.24, 2.45) is 4.99 Å². The summed E-state index contributed by atoms with van der Waals surface area (Å²) in [5.74, 6) is 2.40. The van der Waals surface area contributed by atoms with Crippen LogP contribution in [0.5, 0.6) is 11.5 Å². The third kappa shape index (κ3) is 9.70. The molecule has 1 aromatic rings. The Labute approximate surface area is 198 Å². The lowest BCUT2D eigenvalue weighted by Crippen LogP contribution is -2.44. The minimum atomic E-state index is 0. The lowest BCUT2D eigenvalue weighted by atomic mass is 10.1. The van der Waals surface area contributed by atoms with Gasteiger partial charge in [-0.25, -0.2) is 0 Å². The monoisotopic (exact) mass is 535 g/mol. The van der Waals surface area contributed by atoms with Crippen LogP contribution >= 0.6 is 24.0 Å². The van der Waals surface area contributed by atoms with Crippen molar-refractivity contribution in [2.45, 2.75) is 52.2 Å². The fraction of sp³-hybridized carbons (Fsp3) is 0.682. The first kappa shape index (κ1) is 26.8. The van der Waals surface area contributed by atoms with Crippen molar-refractivity contribution >= 4 is 29.9 Å². The van der Waals surface area contributed by atoms with E-state index in [2.05, 4.69) is 36.6 Å². The van der Waals surface area contributed by atoms with Gasteiger partial charge in [-0.1, -0.05) is 6.07 Å². The summed E-state index contributed by atoms with van der Waals surface area (Å²) in [5.41, 5.74) is 1.22. The van der Waals surface area contributed by atoms with Gasteiger partial charge < -0.3 is 29.6 Å². The molecular weight excluding hydrogens is 497 g/mol. The summed E-state index contributed by atoms with van der Waals surface area (Å²) in [6.07, 6.45) is 3.11. The number of hydrogen-bond acceptors (Lipinski definition) is 5. The summed E-state index contributed by atoms with van der Waals surface area (Å²) in [4.78, 5) is 4.70. The summed E-state index contributed by atoms with van der Waals surface area (Å²) in [6.45, 7) is 10.5. The molecule has 0 spiro atoms. The van der Waals surface area contributed by atoms with E-state index >= 15 is 0 Å². The number of ether oxygens (including phenoxy) is 4. The molecule has 0 amide bonds. The maximum absolute atomic E-state index is 5.88. The number of nitrogens with one attached hydrogen (secondary N) is 2. The van der Waals surface area contributed by atoms with Gasteiger partial charge >= 0.3 is 0 Å². The maximum atomic E-state index is 5.88. The number of aliphatic imine (C=N–C) groups is 1. The summed E-state index contributed by atoms with van der Waals surface area (Å²) in [6, 6.07) is 6.29. The van der Waals surface area contributed by atoms with Gasteiger partial charge in [0, 0.05) is 25.7 Å². The van der Waals surface area contributed by atoms with Crippen LogP contribution in [0.25, 0.3) is 0 Å². The highest BCUT2D eigenvalue weighted by molar-refractivity contribution is 14.0. The molecule has 0 aromatic heterocycles. The molecular formula is C22H38IN3O4. The van der Waals surface area contributed by atoms with Crippen LogP contribution in [0.1, 0.15) is 39.2 Å². The second kappa shape index (κ2) is 15.5. The third-order valence-electron chi connectivity index (χ3n) is 4.62. The summed E-state index contributed by atoms with van der Waals surface area (Å²) in [5, 5.41) is 6.72. The molecule has 2 atom stereocenters. The lowest BCUT2D eigenvalue weighted by Gasteiger charge is -2.19. The molecule has 172 valence electrons. The van der Waals surface area contributed by atoms with Gasteiger partial charge in [0.15, 0.2) is 17.5 Å². The van der Waals surface area contributed by atoms with Crippen LogP contribution in [0.4, 0.5) is 0 Å². The van der Waals surface area contributed by atoms with E-state index in [1.807, 2.05) is 13.0 Å². The van der Waals surface area contributed by atoms with Crippen molar-refractivity contribution in [2.75, 3.05) is 46.6 Å². The largest absolute Gasteiger partial charge is 0.493 e. The van der Waals surface area contributed by atoms with Crippen molar-refractivity contribution in [1.29, 1.82) is 0 Å². The first-order valence-electron chi connectivity index (χ1n) is 10.7. The topological polar surface area (TPSA) is 73.3 Å². The van der Waals surface area contributed by atoms with Crippen LogP contribution in [-0.4, -0.2) is 64.7 Å². The van der Waals surface area contributed by atoms with E-state index in [4.69, 9.17) is 23.9 Å². The summed E-state index contributed by atoms with van der Waals surface area (Å²) >= 11 is 0. The fourth-order valence-corrected chi connectivity index (χ4v) is 3.14. The highest BCUT2D eigenvalue weighted by atomic mass is 127. The zero-order valence-corrected chi connectivity index (χ0v) is 21.1. The molecule has 1 fully saturated rings. The molecule has 1 aliphatic heterocycles. The molecule has 0 aliphatic carbocycles. The van der Waals surface area contributed by atoms with Crippen molar-refractivity contribution in [3.8, 4) is 11.5 Å². The molecule has 0 radical (unpaired) electrons. The number of guanidine groups is 1. The minimum Gasteiger partial charge on any atom is -0.493 e.